The lowest BCUT2D eigenvalue weighted by Crippen LogP contribution is -2.42. The van der Waals surface area contributed by atoms with Gasteiger partial charge in [-0.25, -0.2) is 12.7 Å². The highest BCUT2D eigenvalue weighted by Gasteiger charge is 2.30. The van der Waals surface area contributed by atoms with Gasteiger partial charge in [-0.05, 0) is 43.6 Å². The van der Waals surface area contributed by atoms with Crippen molar-refractivity contribution in [3.63, 3.8) is 0 Å². The summed E-state index contributed by atoms with van der Waals surface area (Å²) in [4.78, 5) is 0. The minimum Gasteiger partial charge on any atom is -0.317 e. The Labute approximate surface area is 123 Å². The van der Waals surface area contributed by atoms with Crippen LogP contribution in [-0.2, 0) is 16.6 Å². The minimum absolute atomic E-state index is 0.241. The van der Waals surface area contributed by atoms with E-state index in [0.717, 1.165) is 23.1 Å². The fraction of sp³-hybridized carbons (Fsp3) is 0.538. The highest BCUT2D eigenvalue weighted by molar-refractivity contribution is 9.10. The van der Waals surface area contributed by atoms with Gasteiger partial charge in [0.15, 0.2) is 0 Å². The molecule has 1 aromatic carbocycles. The van der Waals surface area contributed by atoms with Gasteiger partial charge in [0.1, 0.15) is 0 Å². The molecule has 0 amide bonds. The lowest BCUT2D eigenvalue weighted by molar-refractivity contribution is 0.428. The lowest BCUT2D eigenvalue weighted by atomic mass is 10.2. The molecular weight excluding hydrogens is 328 g/mol. The van der Waals surface area contributed by atoms with E-state index >= 15 is 0 Å². The molecule has 0 bridgehead atoms. The third kappa shape index (κ3) is 3.78. The lowest BCUT2D eigenvalue weighted by Gasteiger charge is -2.27. The molecule has 1 aliphatic rings. The molecule has 1 heterocycles. The van der Waals surface area contributed by atoms with Crippen LogP contribution in [0.25, 0.3) is 0 Å². The van der Waals surface area contributed by atoms with Crippen molar-refractivity contribution in [1.82, 2.24) is 9.62 Å². The summed E-state index contributed by atoms with van der Waals surface area (Å²) in [6.07, 6.45) is 1.40. The number of benzene rings is 1. The summed E-state index contributed by atoms with van der Waals surface area (Å²) in [7, 11) is -1.52. The molecule has 19 heavy (non-hydrogen) atoms. The highest BCUT2D eigenvalue weighted by atomic mass is 79.9. The van der Waals surface area contributed by atoms with Crippen molar-refractivity contribution in [2.45, 2.75) is 24.6 Å². The van der Waals surface area contributed by atoms with Crippen LogP contribution in [0.4, 0.5) is 0 Å². The Morgan fingerprint density at radius 2 is 1.84 bits per heavy atom. The molecule has 0 radical (unpaired) electrons. The van der Waals surface area contributed by atoms with E-state index in [0.29, 0.717) is 19.4 Å². The largest absolute Gasteiger partial charge is 0.317 e. The molecule has 6 heteroatoms. The number of piperidine rings is 1. The smallest absolute Gasteiger partial charge is 0.217 e. The molecule has 1 aromatic rings. The van der Waals surface area contributed by atoms with Crippen LogP contribution in [0, 0.1) is 0 Å². The Morgan fingerprint density at radius 3 is 2.42 bits per heavy atom. The predicted molar refractivity (Wildman–Crippen MR) is 80.4 cm³/mol. The maximum atomic E-state index is 12.4. The van der Waals surface area contributed by atoms with E-state index < -0.39 is 10.0 Å². The van der Waals surface area contributed by atoms with E-state index in [9.17, 15) is 8.42 Å². The van der Waals surface area contributed by atoms with E-state index in [1.54, 1.807) is 7.05 Å². The summed E-state index contributed by atoms with van der Waals surface area (Å²) < 4.78 is 27.4. The van der Waals surface area contributed by atoms with Gasteiger partial charge in [-0.2, -0.15) is 0 Å². The van der Waals surface area contributed by atoms with Crippen molar-refractivity contribution >= 4 is 26.0 Å². The quantitative estimate of drug-likeness (QED) is 0.906. The molecule has 1 saturated heterocycles. The predicted octanol–water partition coefficient (Wildman–Crippen LogP) is 1.96. The molecule has 106 valence electrons. The maximum Gasteiger partial charge on any atom is 0.217 e. The Balaban J connectivity index is 2.05. The van der Waals surface area contributed by atoms with Gasteiger partial charge in [0.2, 0.25) is 10.0 Å². The van der Waals surface area contributed by atoms with Gasteiger partial charge in [-0.3, -0.25) is 0 Å². The van der Waals surface area contributed by atoms with E-state index in [4.69, 9.17) is 0 Å². The minimum atomic E-state index is -3.19. The number of hydrogen-bond donors (Lipinski definition) is 1. The maximum absolute atomic E-state index is 12.4. The van der Waals surface area contributed by atoms with Crippen LogP contribution >= 0.6 is 15.9 Å². The molecule has 0 aliphatic carbocycles. The topological polar surface area (TPSA) is 49.4 Å². The number of hydrogen-bond acceptors (Lipinski definition) is 3. The second-order valence-electron chi connectivity index (χ2n) is 4.88. The van der Waals surface area contributed by atoms with Gasteiger partial charge < -0.3 is 5.32 Å². The molecule has 0 unspecified atom stereocenters. The van der Waals surface area contributed by atoms with Gasteiger partial charge in [-0.1, -0.05) is 28.1 Å². The summed E-state index contributed by atoms with van der Waals surface area (Å²) in [5, 5.41) is 2.95. The normalized spacial score (nSPS) is 17.8. The Hall–Kier alpha value is -0.430. The summed E-state index contributed by atoms with van der Waals surface area (Å²) in [6.45, 7) is 2.01. The van der Waals surface area contributed by atoms with Gasteiger partial charge in [0.25, 0.3) is 0 Å². The molecule has 2 rings (SSSR count). The zero-order valence-electron chi connectivity index (χ0n) is 11.0. The average Bonchev–Trinajstić information content (AvgIpc) is 2.42. The van der Waals surface area contributed by atoms with Crippen LogP contribution in [0.1, 0.15) is 18.4 Å². The van der Waals surface area contributed by atoms with Crippen molar-refractivity contribution < 1.29 is 8.42 Å². The Morgan fingerprint density at radius 1 is 1.26 bits per heavy atom. The number of nitrogens with zero attached hydrogens (tertiary/aromatic N) is 1. The van der Waals surface area contributed by atoms with Crippen LogP contribution in [-0.4, -0.2) is 38.1 Å². The van der Waals surface area contributed by atoms with Crippen LogP contribution in [0.5, 0.6) is 0 Å². The average molecular weight is 347 g/mol. The standard InChI is InChI=1S/C13H19BrN2O2S/c1-16(10-11-2-4-12(14)5-3-11)19(17,18)13-6-8-15-9-7-13/h2-5,13,15H,6-10H2,1H3. The van der Waals surface area contributed by atoms with Crippen LogP contribution in [0.3, 0.4) is 0 Å². The van der Waals surface area contributed by atoms with Crippen molar-refractivity contribution in [3.8, 4) is 0 Å². The zero-order chi connectivity index (χ0) is 13.9. The molecule has 0 saturated carbocycles. The monoisotopic (exact) mass is 346 g/mol. The fourth-order valence-electron chi connectivity index (χ4n) is 2.28. The first-order valence-electron chi connectivity index (χ1n) is 6.40. The number of rotatable bonds is 4. The van der Waals surface area contributed by atoms with Crippen molar-refractivity contribution in [3.05, 3.63) is 34.3 Å². The van der Waals surface area contributed by atoms with E-state index in [1.807, 2.05) is 24.3 Å². The molecule has 4 nitrogen and oxygen atoms in total. The summed E-state index contributed by atoms with van der Waals surface area (Å²) >= 11 is 3.37. The third-order valence-corrected chi connectivity index (χ3v) is 6.30. The first-order valence-corrected chi connectivity index (χ1v) is 8.70. The summed E-state index contributed by atoms with van der Waals surface area (Å²) in [5.41, 5.74) is 1.00. The third-order valence-electron chi connectivity index (χ3n) is 3.46. The van der Waals surface area contributed by atoms with Crippen molar-refractivity contribution in [1.29, 1.82) is 0 Å². The number of sulfonamides is 1. The Kier molecular flexibility index (Phi) is 5.00. The van der Waals surface area contributed by atoms with Gasteiger partial charge in [0.05, 0.1) is 5.25 Å². The number of nitrogens with one attached hydrogen (secondary N) is 1. The molecule has 0 atom stereocenters. The van der Waals surface area contributed by atoms with E-state index in [1.165, 1.54) is 4.31 Å². The van der Waals surface area contributed by atoms with Gasteiger partial charge >= 0.3 is 0 Å². The fourth-order valence-corrected chi connectivity index (χ4v) is 4.22. The van der Waals surface area contributed by atoms with E-state index in [2.05, 4.69) is 21.2 Å². The van der Waals surface area contributed by atoms with Crippen LogP contribution < -0.4 is 5.32 Å². The van der Waals surface area contributed by atoms with Crippen LogP contribution in [0.15, 0.2) is 28.7 Å². The molecule has 0 aromatic heterocycles. The molecule has 1 N–H and O–H groups in total. The Bertz CT molecular complexity index is 510. The summed E-state index contributed by atoms with van der Waals surface area (Å²) in [6, 6.07) is 7.75. The first-order chi connectivity index (χ1) is 9.00. The molecule has 1 fully saturated rings. The molecule has 1 aliphatic heterocycles. The first kappa shape index (κ1) is 15.0. The SMILES string of the molecule is CN(Cc1ccc(Br)cc1)S(=O)(=O)C1CCNCC1. The van der Waals surface area contributed by atoms with Gasteiger partial charge in [-0.15, -0.1) is 0 Å². The zero-order valence-corrected chi connectivity index (χ0v) is 13.4. The summed E-state index contributed by atoms with van der Waals surface area (Å²) in [5.74, 6) is 0. The highest BCUT2D eigenvalue weighted by Crippen LogP contribution is 2.19. The van der Waals surface area contributed by atoms with Crippen LogP contribution in [0.2, 0.25) is 0 Å². The molecular formula is C13H19BrN2O2S. The van der Waals surface area contributed by atoms with Gasteiger partial charge in [0, 0.05) is 18.1 Å². The van der Waals surface area contributed by atoms with Crippen molar-refractivity contribution in [2.75, 3.05) is 20.1 Å². The second kappa shape index (κ2) is 6.35. The van der Waals surface area contributed by atoms with Crippen molar-refractivity contribution in [2.24, 2.45) is 0 Å². The number of halogens is 1. The second-order valence-corrected chi connectivity index (χ2v) is 8.11. The molecule has 0 spiro atoms. The van der Waals surface area contributed by atoms with E-state index in [-0.39, 0.29) is 5.25 Å².